The van der Waals surface area contributed by atoms with Crippen LogP contribution in [-0.4, -0.2) is 53.7 Å². The minimum atomic E-state index is -0.706. The van der Waals surface area contributed by atoms with Gasteiger partial charge in [-0.3, -0.25) is 9.59 Å². The average molecular weight is 478 g/mol. The molecule has 3 aliphatic rings. The first-order chi connectivity index (χ1) is 17.0. The Morgan fingerprint density at radius 2 is 1.97 bits per heavy atom. The summed E-state index contributed by atoms with van der Waals surface area (Å²) in [6.07, 6.45) is 3.33. The molecule has 0 saturated carbocycles. The van der Waals surface area contributed by atoms with E-state index in [2.05, 4.69) is 0 Å². The van der Waals surface area contributed by atoms with Gasteiger partial charge in [-0.1, -0.05) is 19.1 Å². The monoisotopic (exact) mass is 477 g/mol. The van der Waals surface area contributed by atoms with Gasteiger partial charge in [-0.05, 0) is 67.6 Å². The molecule has 0 aromatic heterocycles. The fraction of sp³-hybridized carbons (Fsp3) is 0.429. The number of ether oxygens (including phenoxy) is 3. The van der Waals surface area contributed by atoms with Crippen molar-refractivity contribution in [2.45, 2.75) is 57.8 Å². The van der Waals surface area contributed by atoms with E-state index in [0.29, 0.717) is 25.3 Å². The van der Waals surface area contributed by atoms with Gasteiger partial charge in [0, 0.05) is 25.1 Å². The number of carbonyl (C=O) groups excluding carboxylic acids is 2. The summed E-state index contributed by atoms with van der Waals surface area (Å²) >= 11 is 0. The molecule has 2 fully saturated rings. The van der Waals surface area contributed by atoms with Gasteiger partial charge >= 0.3 is 0 Å². The van der Waals surface area contributed by atoms with E-state index in [9.17, 15) is 14.7 Å². The highest BCUT2D eigenvalue weighted by Gasteiger charge is 2.47. The van der Waals surface area contributed by atoms with Crippen molar-refractivity contribution in [1.82, 2.24) is 4.90 Å². The molecule has 0 aliphatic carbocycles. The summed E-state index contributed by atoms with van der Waals surface area (Å²) in [5, 5.41) is 11.4. The fourth-order valence-electron chi connectivity index (χ4n) is 5.11. The predicted molar refractivity (Wildman–Crippen MR) is 130 cm³/mol. The van der Waals surface area contributed by atoms with Crippen molar-refractivity contribution in [2.75, 3.05) is 19.8 Å². The fourth-order valence-corrected chi connectivity index (χ4v) is 5.11. The molecule has 0 spiro atoms. The summed E-state index contributed by atoms with van der Waals surface area (Å²) in [5.74, 6) is 0.0433. The van der Waals surface area contributed by atoms with Crippen LogP contribution in [0.25, 0.3) is 5.76 Å². The molecule has 7 heteroatoms. The Bertz CT molecular complexity index is 1150. The summed E-state index contributed by atoms with van der Waals surface area (Å²) < 4.78 is 17.2. The summed E-state index contributed by atoms with van der Waals surface area (Å²) in [6, 6.07) is 12.1. The van der Waals surface area contributed by atoms with E-state index < -0.39 is 17.7 Å². The Labute approximate surface area is 205 Å². The van der Waals surface area contributed by atoms with Gasteiger partial charge in [-0.15, -0.1) is 0 Å². The molecule has 2 aromatic carbocycles. The van der Waals surface area contributed by atoms with Crippen LogP contribution in [0, 0.1) is 0 Å². The Balaban J connectivity index is 1.55. The number of ketones is 1. The molecule has 3 aliphatic heterocycles. The largest absolute Gasteiger partial charge is 0.507 e. The molecule has 3 heterocycles. The van der Waals surface area contributed by atoms with Crippen molar-refractivity contribution in [3.05, 3.63) is 64.7 Å². The van der Waals surface area contributed by atoms with Gasteiger partial charge < -0.3 is 24.2 Å². The smallest absolute Gasteiger partial charge is 0.295 e. The topological polar surface area (TPSA) is 85.3 Å². The second-order valence-corrected chi connectivity index (χ2v) is 9.46. The van der Waals surface area contributed by atoms with Gasteiger partial charge in [0.25, 0.3) is 11.7 Å². The maximum atomic E-state index is 13.3. The molecule has 0 bridgehead atoms. The number of benzene rings is 2. The number of aliphatic hydroxyl groups excluding tert-OH is 1. The lowest BCUT2D eigenvalue weighted by Crippen LogP contribution is -2.36. The minimum absolute atomic E-state index is 0.0628. The number of aliphatic hydroxyl groups is 1. The highest BCUT2D eigenvalue weighted by atomic mass is 16.5. The van der Waals surface area contributed by atoms with Crippen LogP contribution in [0.3, 0.4) is 0 Å². The van der Waals surface area contributed by atoms with Gasteiger partial charge in [0.05, 0.1) is 24.3 Å². The zero-order valence-corrected chi connectivity index (χ0v) is 20.2. The molecule has 2 saturated heterocycles. The summed E-state index contributed by atoms with van der Waals surface area (Å²) in [5.41, 5.74) is 2.32. The van der Waals surface area contributed by atoms with Crippen LogP contribution in [0.5, 0.6) is 11.5 Å². The quantitative estimate of drug-likeness (QED) is 0.362. The van der Waals surface area contributed by atoms with Crippen LogP contribution < -0.4 is 9.47 Å². The van der Waals surface area contributed by atoms with Crippen molar-refractivity contribution < 1.29 is 28.9 Å². The molecule has 184 valence electrons. The standard InChI is InChI=1S/C28H31NO6/c1-3-12-33-21-9-6-18(7-10-21)25-24(27(31)28(32)29(25)16-22-5-4-13-34-22)26(30)19-8-11-23-20(15-19)14-17(2)35-23/h6-11,15,17,22,25,30H,3-5,12-14,16H2,1-2H3/b26-24-. The summed E-state index contributed by atoms with van der Waals surface area (Å²) in [7, 11) is 0. The van der Waals surface area contributed by atoms with Crippen LogP contribution in [0.15, 0.2) is 48.0 Å². The second-order valence-electron chi connectivity index (χ2n) is 9.46. The average Bonchev–Trinajstić information content (AvgIpc) is 3.57. The lowest BCUT2D eigenvalue weighted by molar-refractivity contribution is -0.140. The molecule has 1 amide bonds. The number of hydrogen-bond acceptors (Lipinski definition) is 6. The molecule has 0 radical (unpaired) electrons. The number of amides is 1. The number of hydrogen-bond donors (Lipinski definition) is 1. The normalized spacial score (nSPS) is 25.1. The van der Waals surface area contributed by atoms with Gasteiger partial charge in [-0.2, -0.15) is 0 Å². The molecular formula is C28H31NO6. The van der Waals surface area contributed by atoms with E-state index in [1.807, 2.05) is 50.2 Å². The first-order valence-corrected chi connectivity index (χ1v) is 12.4. The maximum absolute atomic E-state index is 13.3. The number of fused-ring (bicyclic) bond motifs is 1. The van der Waals surface area contributed by atoms with Crippen molar-refractivity contribution in [2.24, 2.45) is 0 Å². The van der Waals surface area contributed by atoms with E-state index in [1.165, 1.54) is 0 Å². The molecule has 5 rings (SSSR count). The third-order valence-electron chi connectivity index (χ3n) is 6.80. The van der Waals surface area contributed by atoms with Crippen molar-refractivity contribution >= 4 is 17.4 Å². The van der Waals surface area contributed by atoms with Crippen molar-refractivity contribution in [3.63, 3.8) is 0 Å². The molecule has 35 heavy (non-hydrogen) atoms. The van der Waals surface area contributed by atoms with Crippen LogP contribution in [-0.2, 0) is 20.7 Å². The molecule has 7 nitrogen and oxygen atoms in total. The van der Waals surface area contributed by atoms with Crippen LogP contribution >= 0.6 is 0 Å². The highest BCUT2D eigenvalue weighted by Crippen LogP contribution is 2.41. The number of Topliss-reactive ketones (excluding diaryl/α,β-unsaturated/α-hetero) is 1. The Morgan fingerprint density at radius 1 is 1.17 bits per heavy atom. The SMILES string of the molecule is CCCOc1ccc(C2/C(=C(/O)c3ccc4c(c3)CC(C)O4)C(=O)C(=O)N2CC2CCCO2)cc1. The van der Waals surface area contributed by atoms with Crippen LogP contribution in [0.4, 0.5) is 0 Å². The van der Waals surface area contributed by atoms with Gasteiger partial charge in [0.15, 0.2) is 0 Å². The predicted octanol–water partition coefficient (Wildman–Crippen LogP) is 4.40. The van der Waals surface area contributed by atoms with E-state index >= 15 is 0 Å². The third kappa shape index (κ3) is 4.52. The lowest BCUT2D eigenvalue weighted by Gasteiger charge is -2.27. The van der Waals surface area contributed by atoms with Crippen molar-refractivity contribution in [3.8, 4) is 11.5 Å². The first kappa shape index (κ1) is 23.4. The minimum Gasteiger partial charge on any atom is -0.507 e. The van der Waals surface area contributed by atoms with Gasteiger partial charge in [-0.25, -0.2) is 0 Å². The molecule has 3 atom stereocenters. The Hall–Kier alpha value is -3.32. The first-order valence-electron chi connectivity index (χ1n) is 12.4. The summed E-state index contributed by atoms with van der Waals surface area (Å²) in [4.78, 5) is 28.0. The number of rotatable bonds is 7. The Kier molecular flexibility index (Phi) is 6.52. The molecule has 3 unspecified atom stereocenters. The molecule has 2 aromatic rings. The van der Waals surface area contributed by atoms with Gasteiger partial charge in [0.1, 0.15) is 23.4 Å². The Morgan fingerprint density at radius 3 is 2.69 bits per heavy atom. The highest BCUT2D eigenvalue weighted by molar-refractivity contribution is 6.46. The molecule has 1 N–H and O–H groups in total. The van der Waals surface area contributed by atoms with E-state index in [4.69, 9.17) is 14.2 Å². The second kappa shape index (κ2) is 9.74. The number of nitrogens with zero attached hydrogens (tertiary/aromatic N) is 1. The van der Waals surface area contributed by atoms with E-state index in [0.717, 1.165) is 48.3 Å². The zero-order valence-electron chi connectivity index (χ0n) is 20.2. The lowest BCUT2D eigenvalue weighted by atomic mass is 9.94. The van der Waals surface area contributed by atoms with Crippen molar-refractivity contribution in [1.29, 1.82) is 0 Å². The van der Waals surface area contributed by atoms with E-state index in [-0.39, 0.29) is 23.5 Å². The van der Waals surface area contributed by atoms with Crippen LogP contribution in [0.1, 0.15) is 55.8 Å². The number of carbonyl (C=O) groups is 2. The third-order valence-corrected chi connectivity index (χ3v) is 6.80. The van der Waals surface area contributed by atoms with E-state index in [1.54, 1.807) is 11.0 Å². The summed E-state index contributed by atoms with van der Waals surface area (Å²) in [6.45, 7) is 5.59. The zero-order chi connectivity index (χ0) is 24.5. The van der Waals surface area contributed by atoms with Gasteiger partial charge in [0.2, 0.25) is 0 Å². The van der Waals surface area contributed by atoms with Crippen LogP contribution in [0.2, 0.25) is 0 Å². The maximum Gasteiger partial charge on any atom is 0.295 e. The number of likely N-dealkylation sites (tertiary alicyclic amines) is 1. The molecular weight excluding hydrogens is 446 g/mol.